The Balaban J connectivity index is 3.96. The minimum absolute atomic E-state index is 0.172. The molecule has 0 heterocycles. The van der Waals surface area contributed by atoms with Gasteiger partial charge in [0.2, 0.25) is 0 Å². The van der Waals surface area contributed by atoms with Gasteiger partial charge in [-0.3, -0.25) is 9.59 Å². The van der Waals surface area contributed by atoms with E-state index in [0.717, 1.165) is 38.5 Å². The highest BCUT2D eigenvalue weighted by atomic mass is 16.7. The molecule has 500 valence electrons. The molecule has 0 radical (unpaired) electrons. The monoisotopic (exact) mass is 1190 g/mol. The summed E-state index contributed by atoms with van der Waals surface area (Å²) in [5.41, 5.74) is 0. The van der Waals surface area contributed by atoms with Gasteiger partial charge >= 0.3 is 17.9 Å². The number of hydrogen-bond donors (Lipinski definition) is 1. The molecule has 0 saturated heterocycles. The summed E-state index contributed by atoms with van der Waals surface area (Å²) in [7, 11) is 6.00. The molecule has 0 aromatic rings. The Bertz CT molecular complexity index is 1340. The van der Waals surface area contributed by atoms with Crippen molar-refractivity contribution in [3.63, 3.8) is 0 Å². The first-order valence-corrected chi connectivity index (χ1v) is 37.7. The Morgan fingerprint density at radius 2 is 0.536 bits per heavy atom. The van der Waals surface area contributed by atoms with E-state index in [0.29, 0.717) is 17.4 Å². The van der Waals surface area contributed by atoms with Crippen molar-refractivity contribution in [2.24, 2.45) is 0 Å². The van der Waals surface area contributed by atoms with Gasteiger partial charge in [0.05, 0.1) is 34.4 Å². The number of carboxylic acids is 1. The predicted octanol–water partition coefficient (Wildman–Crippen LogP) is 23.4. The van der Waals surface area contributed by atoms with E-state index in [1.165, 1.54) is 340 Å². The minimum atomic E-state index is -1.50. The number of unbranched alkanes of at least 4 members (excludes halogenated alkanes) is 57. The van der Waals surface area contributed by atoms with E-state index in [1.54, 1.807) is 0 Å². The average molecular weight is 1190 g/mol. The second kappa shape index (κ2) is 67.2. The number of esters is 2. The van der Waals surface area contributed by atoms with Crippen LogP contribution in [0.4, 0.5) is 0 Å². The third-order valence-electron chi connectivity index (χ3n) is 17.6. The number of aliphatic carboxylic acids is 1. The Morgan fingerprint density at radius 1 is 0.310 bits per heavy atom. The molecule has 0 bridgehead atoms. The van der Waals surface area contributed by atoms with Crippen molar-refractivity contribution in [1.82, 2.24) is 0 Å². The van der Waals surface area contributed by atoms with E-state index in [9.17, 15) is 19.5 Å². The molecule has 0 aliphatic rings. The number of rotatable bonds is 72. The van der Waals surface area contributed by atoms with Crippen LogP contribution in [0.15, 0.2) is 0 Å². The van der Waals surface area contributed by atoms with Gasteiger partial charge in [0.15, 0.2) is 6.10 Å². The zero-order valence-corrected chi connectivity index (χ0v) is 57.4. The second-order valence-electron chi connectivity index (χ2n) is 27.3. The summed E-state index contributed by atoms with van der Waals surface area (Å²) in [6, 6.07) is 0. The molecule has 9 nitrogen and oxygen atoms in total. The average Bonchev–Trinajstić information content (AvgIpc) is 3.51. The fraction of sp³-hybridized carbons (Fsp3) is 0.960. The van der Waals surface area contributed by atoms with Gasteiger partial charge in [0, 0.05) is 12.8 Å². The van der Waals surface area contributed by atoms with E-state index in [1.807, 2.05) is 21.1 Å². The maximum Gasteiger partial charge on any atom is 0.361 e. The number of likely N-dealkylation sites (N-methyl/N-ethyl adjacent to an activating group) is 1. The quantitative estimate of drug-likeness (QED) is 0.0278. The van der Waals surface area contributed by atoms with Crippen LogP contribution in [0.2, 0.25) is 0 Å². The lowest BCUT2D eigenvalue weighted by atomic mass is 10.0. The maximum atomic E-state index is 13.0. The smallest absolute Gasteiger partial charge is 0.361 e. The lowest BCUT2D eigenvalue weighted by Gasteiger charge is -2.25. The zero-order chi connectivity index (χ0) is 61.2. The number of nitrogens with zero attached hydrogens (tertiary/aromatic N) is 1. The van der Waals surface area contributed by atoms with Gasteiger partial charge in [-0.1, -0.05) is 380 Å². The fourth-order valence-electron chi connectivity index (χ4n) is 11.8. The number of ether oxygens (including phenoxy) is 4. The summed E-state index contributed by atoms with van der Waals surface area (Å²) in [6.07, 6.45) is 78.2. The van der Waals surface area contributed by atoms with Gasteiger partial charge in [0.25, 0.3) is 6.29 Å². The molecule has 0 saturated carbocycles. The molecule has 9 heteroatoms. The van der Waals surface area contributed by atoms with Crippen molar-refractivity contribution >= 4 is 17.9 Å². The van der Waals surface area contributed by atoms with Gasteiger partial charge in [-0.25, -0.2) is 4.79 Å². The molecule has 0 aliphatic carbocycles. The summed E-state index contributed by atoms with van der Waals surface area (Å²) in [5, 5.41) is 9.75. The highest BCUT2D eigenvalue weighted by Crippen LogP contribution is 2.20. The molecule has 0 fully saturated rings. The van der Waals surface area contributed by atoms with Crippen LogP contribution in [0.5, 0.6) is 0 Å². The van der Waals surface area contributed by atoms with E-state index in [-0.39, 0.29) is 38.2 Å². The number of carbonyl (C=O) groups excluding carboxylic acids is 2. The molecule has 0 rings (SSSR count). The van der Waals surface area contributed by atoms with Crippen molar-refractivity contribution in [2.75, 3.05) is 47.5 Å². The summed E-state index contributed by atoms with van der Waals surface area (Å²) in [5.74, 6) is -1.96. The molecule has 2 unspecified atom stereocenters. The zero-order valence-electron chi connectivity index (χ0n) is 57.4. The largest absolute Gasteiger partial charge is 0.477 e. The standard InChI is InChI=1S/C75H147NO8/c1-6-8-10-12-14-16-18-20-22-24-26-28-30-31-32-33-34-35-36-37-38-39-40-41-42-44-46-48-50-52-54-56-58-60-62-64-66-73(78)84-71(70-83-75(74(79)80)81-68-67-76(3,4)5)69-82-72(77)65-63-61-59-57-55-53-51-49-47-45-43-29-27-25-23-21-19-17-15-13-11-9-7-2/h71,75H,6-70H2,1-5H3/p+1. The lowest BCUT2D eigenvalue weighted by molar-refractivity contribution is -0.870. The van der Waals surface area contributed by atoms with Crippen molar-refractivity contribution < 1.29 is 42.9 Å². The molecule has 0 spiro atoms. The number of hydrogen-bond acceptors (Lipinski definition) is 7. The summed E-state index contributed by atoms with van der Waals surface area (Å²) >= 11 is 0. The van der Waals surface area contributed by atoms with Gasteiger partial charge in [0.1, 0.15) is 13.2 Å². The summed E-state index contributed by atoms with van der Waals surface area (Å²) in [6.45, 7) is 4.98. The summed E-state index contributed by atoms with van der Waals surface area (Å²) < 4.78 is 23.0. The predicted molar refractivity (Wildman–Crippen MR) is 360 cm³/mol. The maximum absolute atomic E-state index is 13.0. The molecule has 0 aliphatic heterocycles. The Kier molecular flexibility index (Phi) is 65.9. The van der Waals surface area contributed by atoms with Crippen LogP contribution in [0.3, 0.4) is 0 Å². The van der Waals surface area contributed by atoms with Crippen LogP contribution in [0.25, 0.3) is 0 Å². The topological polar surface area (TPSA) is 108 Å². The van der Waals surface area contributed by atoms with E-state index in [4.69, 9.17) is 18.9 Å². The van der Waals surface area contributed by atoms with Gasteiger partial charge < -0.3 is 28.5 Å². The molecule has 2 atom stereocenters. The van der Waals surface area contributed by atoms with Crippen LogP contribution in [0.1, 0.15) is 406 Å². The van der Waals surface area contributed by atoms with E-state index < -0.39 is 18.4 Å². The fourth-order valence-corrected chi connectivity index (χ4v) is 11.8. The molecule has 0 aromatic carbocycles. The van der Waals surface area contributed by atoms with Gasteiger partial charge in [-0.15, -0.1) is 0 Å². The minimum Gasteiger partial charge on any atom is -0.477 e. The van der Waals surface area contributed by atoms with Crippen molar-refractivity contribution in [2.45, 2.75) is 418 Å². The van der Waals surface area contributed by atoms with Gasteiger partial charge in [-0.05, 0) is 12.8 Å². The number of carbonyl (C=O) groups is 3. The molecule has 0 amide bonds. The molecule has 0 aromatic heterocycles. The van der Waals surface area contributed by atoms with Crippen LogP contribution in [-0.2, 0) is 33.3 Å². The SMILES string of the molecule is CCCCCCCCCCCCCCCCCCCCCCCCCCCCCCCCCCCCCCC(=O)OC(COC(=O)CCCCCCCCCCCCCCCCCCCCCCCCC)COC(OCC[N+](C)(C)C)C(=O)O. The van der Waals surface area contributed by atoms with Crippen molar-refractivity contribution in [1.29, 1.82) is 0 Å². The first-order valence-electron chi connectivity index (χ1n) is 37.7. The second-order valence-corrected chi connectivity index (χ2v) is 27.3. The van der Waals surface area contributed by atoms with Crippen LogP contribution in [0, 0.1) is 0 Å². The molecular weight excluding hydrogens is 1040 g/mol. The molecule has 1 N–H and O–H groups in total. The molecular formula is C75H148NO8+. The third-order valence-corrected chi connectivity index (χ3v) is 17.6. The third kappa shape index (κ3) is 67.8. The summed E-state index contributed by atoms with van der Waals surface area (Å²) in [4.78, 5) is 37.6. The Labute approximate surface area is 523 Å². The van der Waals surface area contributed by atoms with Crippen molar-refractivity contribution in [3.8, 4) is 0 Å². The van der Waals surface area contributed by atoms with Crippen LogP contribution >= 0.6 is 0 Å². The van der Waals surface area contributed by atoms with Crippen molar-refractivity contribution in [3.05, 3.63) is 0 Å². The Morgan fingerprint density at radius 3 is 0.762 bits per heavy atom. The van der Waals surface area contributed by atoms with E-state index in [2.05, 4.69) is 13.8 Å². The highest BCUT2D eigenvalue weighted by Gasteiger charge is 2.25. The number of quaternary nitrogens is 1. The number of carboxylic acid groups (broad SMARTS) is 1. The Hall–Kier alpha value is -1.71. The van der Waals surface area contributed by atoms with Crippen LogP contribution < -0.4 is 0 Å². The highest BCUT2D eigenvalue weighted by molar-refractivity contribution is 5.71. The normalized spacial score (nSPS) is 12.5. The van der Waals surface area contributed by atoms with E-state index >= 15 is 0 Å². The van der Waals surface area contributed by atoms with Gasteiger partial charge in [-0.2, -0.15) is 0 Å². The first-order chi connectivity index (χ1) is 41.1. The first kappa shape index (κ1) is 82.3. The lowest BCUT2D eigenvalue weighted by Crippen LogP contribution is -2.40. The molecule has 84 heavy (non-hydrogen) atoms. The van der Waals surface area contributed by atoms with Crippen LogP contribution in [-0.4, -0.2) is 87.4 Å².